The number of halogens is 1. The van der Waals surface area contributed by atoms with Crippen molar-refractivity contribution in [3.8, 4) is 0 Å². The van der Waals surface area contributed by atoms with Crippen molar-refractivity contribution in [3.05, 3.63) is 45.8 Å². The van der Waals surface area contributed by atoms with Gasteiger partial charge in [-0.05, 0) is 51.5 Å². The summed E-state index contributed by atoms with van der Waals surface area (Å²) in [6.45, 7) is 5.17. The highest BCUT2D eigenvalue weighted by Crippen LogP contribution is 2.16. The fourth-order valence-electron chi connectivity index (χ4n) is 2.17. The van der Waals surface area contributed by atoms with Gasteiger partial charge in [-0.15, -0.1) is 0 Å². The van der Waals surface area contributed by atoms with Gasteiger partial charge in [-0.1, -0.05) is 21.1 Å². The summed E-state index contributed by atoms with van der Waals surface area (Å²) in [7, 11) is 0. The number of hydrogen-bond acceptors (Lipinski definition) is 5. The monoisotopic (exact) mass is 394 g/mol. The average molecular weight is 395 g/mol. The number of benzene rings is 1. The molecule has 1 amide bonds. The van der Waals surface area contributed by atoms with Crippen LogP contribution in [-0.2, 0) is 20.7 Å². The lowest BCUT2D eigenvalue weighted by Gasteiger charge is -2.13. The summed E-state index contributed by atoms with van der Waals surface area (Å²) in [6, 6.07) is 7.15. The average Bonchev–Trinajstić information content (AvgIpc) is 2.86. The third kappa shape index (κ3) is 4.92. The Morgan fingerprint density at radius 3 is 2.54 bits per heavy atom. The predicted molar refractivity (Wildman–Crippen MR) is 92.6 cm³/mol. The van der Waals surface area contributed by atoms with Crippen molar-refractivity contribution in [2.24, 2.45) is 0 Å². The van der Waals surface area contributed by atoms with E-state index in [-0.39, 0.29) is 12.3 Å². The molecule has 1 heterocycles. The zero-order chi connectivity index (χ0) is 17.7. The third-order valence-electron chi connectivity index (χ3n) is 3.55. The molecule has 6 nitrogen and oxygen atoms in total. The fourth-order valence-corrected chi connectivity index (χ4v) is 2.44. The number of amides is 1. The van der Waals surface area contributed by atoms with Crippen LogP contribution in [0.1, 0.15) is 30.4 Å². The second kappa shape index (κ2) is 8.10. The minimum Gasteiger partial charge on any atom is -0.453 e. The van der Waals surface area contributed by atoms with Crippen molar-refractivity contribution >= 4 is 33.5 Å². The number of nitrogens with zero attached hydrogens (tertiary/aromatic N) is 1. The minimum atomic E-state index is -0.870. The maximum absolute atomic E-state index is 12.0. The van der Waals surface area contributed by atoms with Crippen LogP contribution in [0.3, 0.4) is 0 Å². The highest BCUT2D eigenvalue weighted by Gasteiger charge is 2.19. The van der Waals surface area contributed by atoms with Crippen LogP contribution in [-0.4, -0.2) is 23.1 Å². The first-order valence-corrected chi connectivity index (χ1v) is 8.33. The number of carbonyl (C=O) groups excluding carboxylic acids is 2. The number of aromatic nitrogens is 1. The van der Waals surface area contributed by atoms with Crippen molar-refractivity contribution in [2.75, 3.05) is 5.32 Å². The van der Waals surface area contributed by atoms with Gasteiger partial charge in [0, 0.05) is 22.1 Å². The second-order valence-electron chi connectivity index (χ2n) is 5.43. The second-order valence-corrected chi connectivity index (χ2v) is 6.35. The molecule has 2 aromatic rings. The molecule has 1 N–H and O–H groups in total. The van der Waals surface area contributed by atoms with Gasteiger partial charge in [0.1, 0.15) is 5.76 Å². The van der Waals surface area contributed by atoms with Gasteiger partial charge in [0.15, 0.2) is 6.10 Å². The van der Waals surface area contributed by atoms with Crippen LogP contribution in [0.25, 0.3) is 0 Å². The third-order valence-corrected chi connectivity index (χ3v) is 4.08. The summed E-state index contributed by atoms with van der Waals surface area (Å²) < 4.78 is 11.1. The maximum Gasteiger partial charge on any atom is 0.306 e. The van der Waals surface area contributed by atoms with Crippen LogP contribution < -0.4 is 5.32 Å². The first kappa shape index (κ1) is 18.2. The van der Waals surface area contributed by atoms with E-state index in [0.717, 1.165) is 15.7 Å². The number of rotatable bonds is 6. The molecular formula is C17H19BrN2O4. The molecular weight excluding hydrogens is 376 g/mol. The number of nitrogens with one attached hydrogen (secondary N) is 1. The summed E-state index contributed by atoms with van der Waals surface area (Å²) in [4.78, 5) is 24.0. The van der Waals surface area contributed by atoms with Crippen molar-refractivity contribution in [3.63, 3.8) is 0 Å². The molecule has 1 atom stereocenters. The van der Waals surface area contributed by atoms with Gasteiger partial charge in [-0.3, -0.25) is 9.59 Å². The maximum atomic E-state index is 12.0. The summed E-state index contributed by atoms with van der Waals surface area (Å²) in [5, 5.41) is 6.54. The molecule has 128 valence electrons. The van der Waals surface area contributed by atoms with Gasteiger partial charge in [-0.2, -0.15) is 0 Å². The molecule has 0 saturated carbocycles. The molecule has 2 rings (SSSR count). The number of anilines is 1. The van der Waals surface area contributed by atoms with Crippen molar-refractivity contribution in [1.82, 2.24) is 5.16 Å². The number of hydrogen-bond donors (Lipinski definition) is 1. The molecule has 0 bridgehead atoms. The molecule has 0 aliphatic rings. The Morgan fingerprint density at radius 2 is 1.96 bits per heavy atom. The van der Waals surface area contributed by atoms with Crippen LogP contribution >= 0.6 is 15.9 Å². The summed E-state index contributed by atoms with van der Waals surface area (Å²) in [5.74, 6) is -0.113. The molecule has 1 aromatic heterocycles. The van der Waals surface area contributed by atoms with Crippen LogP contribution in [0.5, 0.6) is 0 Å². The Hall–Kier alpha value is -2.15. The molecule has 0 radical (unpaired) electrons. The summed E-state index contributed by atoms with van der Waals surface area (Å²) in [5.41, 5.74) is 2.31. The van der Waals surface area contributed by atoms with E-state index in [0.29, 0.717) is 17.9 Å². The lowest BCUT2D eigenvalue weighted by molar-refractivity contribution is -0.153. The van der Waals surface area contributed by atoms with Crippen LogP contribution in [0.4, 0.5) is 5.69 Å². The molecule has 7 heteroatoms. The summed E-state index contributed by atoms with van der Waals surface area (Å²) >= 11 is 3.32. The van der Waals surface area contributed by atoms with E-state index in [4.69, 9.17) is 9.26 Å². The van der Waals surface area contributed by atoms with Gasteiger partial charge >= 0.3 is 5.97 Å². The largest absolute Gasteiger partial charge is 0.453 e. The van der Waals surface area contributed by atoms with Gasteiger partial charge in [-0.25, -0.2) is 0 Å². The molecule has 0 aliphatic carbocycles. The Kier molecular flexibility index (Phi) is 6.14. The smallest absolute Gasteiger partial charge is 0.306 e. The fraction of sp³-hybridized carbons (Fsp3) is 0.353. The van der Waals surface area contributed by atoms with Crippen LogP contribution in [0, 0.1) is 13.8 Å². The van der Waals surface area contributed by atoms with Gasteiger partial charge in [0.2, 0.25) is 0 Å². The minimum absolute atomic E-state index is 0.165. The lowest BCUT2D eigenvalue weighted by Crippen LogP contribution is -2.30. The topological polar surface area (TPSA) is 81.4 Å². The quantitative estimate of drug-likeness (QED) is 0.757. The number of aryl methyl sites for hydroxylation is 2. The molecule has 1 aromatic carbocycles. The lowest BCUT2D eigenvalue weighted by atomic mass is 10.1. The number of ether oxygens (including phenoxy) is 1. The van der Waals surface area contributed by atoms with E-state index in [1.807, 2.05) is 19.1 Å². The standard InChI is InChI=1S/C17H19BrN2O4/c1-10-15(11(2)24-20-10)8-9-16(21)23-12(3)17(22)19-14-6-4-13(18)5-7-14/h4-7,12H,8-9H2,1-3H3,(H,19,22)/t12-/m0/s1. The Balaban J connectivity index is 1.82. The van der Waals surface area contributed by atoms with Crippen molar-refractivity contribution in [1.29, 1.82) is 0 Å². The highest BCUT2D eigenvalue weighted by molar-refractivity contribution is 9.10. The van der Waals surface area contributed by atoms with Crippen molar-refractivity contribution in [2.45, 2.75) is 39.7 Å². The first-order valence-electron chi connectivity index (χ1n) is 7.54. The molecule has 0 unspecified atom stereocenters. The molecule has 0 fully saturated rings. The molecule has 0 saturated heterocycles. The molecule has 0 spiro atoms. The normalized spacial score (nSPS) is 11.8. The van der Waals surface area contributed by atoms with Crippen LogP contribution in [0.2, 0.25) is 0 Å². The Labute approximate surface area is 148 Å². The van der Waals surface area contributed by atoms with E-state index in [1.165, 1.54) is 0 Å². The van der Waals surface area contributed by atoms with E-state index in [9.17, 15) is 9.59 Å². The van der Waals surface area contributed by atoms with Crippen molar-refractivity contribution < 1.29 is 18.8 Å². The Morgan fingerprint density at radius 1 is 1.29 bits per heavy atom. The SMILES string of the molecule is Cc1noc(C)c1CCC(=O)O[C@@H](C)C(=O)Nc1ccc(Br)cc1. The van der Waals surface area contributed by atoms with Gasteiger partial charge in [0.25, 0.3) is 5.91 Å². The van der Waals surface area contributed by atoms with Gasteiger partial charge in [0.05, 0.1) is 5.69 Å². The summed E-state index contributed by atoms with van der Waals surface area (Å²) in [6.07, 6.45) is -0.231. The zero-order valence-corrected chi connectivity index (χ0v) is 15.3. The van der Waals surface area contributed by atoms with E-state index in [2.05, 4.69) is 26.4 Å². The molecule has 24 heavy (non-hydrogen) atoms. The van der Waals surface area contributed by atoms with E-state index >= 15 is 0 Å². The first-order chi connectivity index (χ1) is 11.4. The Bertz CT molecular complexity index is 705. The van der Waals surface area contributed by atoms with E-state index in [1.54, 1.807) is 26.0 Å². The highest BCUT2D eigenvalue weighted by atomic mass is 79.9. The van der Waals surface area contributed by atoms with Gasteiger partial charge < -0.3 is 14.6 Å². The van der Waals surface area contributed by atoms with E-state index < -0.39 is 12.1 Å². The predicted octanol–water partition coefficient (Wildman–Crippen LogP) is 3.56. The number of esters is 1. The number of carbonyl (C=O) groups is 2. The van der Waals surface area contributed by atoms with Crippen LogP contribution in [0.15, 0.2) is 33.3 Å². The zero-order valence-electron chi connectivity index (χ0n) is 13.8. The molecule has 0 aliphatic heterocycles.